The molecule has 0 bridgehead atoms. The highest BCUT2D eigenvalue weighted by atomic mass is 32.2. The molecular weight excluding hydrogens is 394 g/mol. The molecule has 0 saturated carbocycles. The smallest absolute Gasteiger partial charge is 0.262 e. The average molecular weight is 420 g/mol. The molecule has 30 heavy (non-hydrogen) atoms. The second-order valence-corrected chi connectivity index (χ2v) is 10.0. The fraction of sp³-hybridized carbons (Fsp3) is 0.280. The number of fused-ring (bicyclic) bond motifs is 5. The van der Waals surface area contributed by atoms with Gasteiger partial charge in [-0.2, -0.15) is 0 Å². The molecule has 0 spiro atoms. The Bertz CT molecular complexity index is 1410. The van der Waals surface area contributed by atoms with Gasteiger partial charge in [-0.3, -0.25) is 4.72 Å². The van der Waals surface area contributed by atoms with Gasteiger partial charge in [0.1, 0.15) is 11.3 Å². The summed E-state index contributed by atoms with van der Waals surface area (Å²) in [5.41, 5.74) is 5.49. The van der Waals surface area contributed by atoms with E-state index in [1.807, 2.05) is 57.2 Å². The lowest BCUT2D eigenvalue weighted by atomic mass is 9.94. The van der Waals surface area contributed by atoms with E-state index < -0.39 is 10.0 Å². The highest BCUT2D eigenvalue weighted by Crippen LogP contribution is 2.40. The molecular formula is C25H25NO3S. The van der Waals surface area contributed by atoms with Crippen LogP contribution < -0.4 is 4.72 Å². The molecule has 0 saturated heterocycles. The molecule has 1 N–H and O–H groups in total. The third-order valence-corrected chi connectivity index (χ3v) is 7.80. The van der Waals surface area contributed by atoms with Crippen LogP contribution in [0.3, 0.4) is 0 Å². The second-order valence-electron chi connectivity index (χ2n) is 8.36. The first-order valence-electron chi connectivity index (χ1n) is 10.4. The summed E-state index contributed by atoms with van der Waals surface area (Å²) in [7, 11) is -3.73. The first-order chi connectivity index (χ1) is 14.3. The Hall–Kier alpha value is -2.79. The highest BCUT2D eigenvalue weighted by Gasteiger charge is 2.23. The van der Waals surface area contributed by atoms with Gasteiger partial charge >= 0.3 is 0 Å². The van der Waals surface area contributed by atoms with E-state index in [1.165, 1.54) is 5.56 Å². The van der Waals surface area contributed by atoms with Crippen LogP contribution >= 0.6 is 0 Å². The summed E-state index contributed by atoms with van der Waals surface area (Å²) in [6, 6.07) is 13.5. The van der Waals surface area contributed by atoms with Crippen molar-refractivity contribution < 1.29 is 12.8 Å². The molecule has 0 atom stereocenters. The van der Waals surface area contributed by atoms with E-state index in [0.717, 1.165) is 69.9 Å². The number of nitrogens with one attached hydrogen (secondary N) is 1. The second kappa shape index (κ2) is 6.88. The Balaban J connectivity index is 1.71. The minimum atomic E-state index is -3.73. The number of aryl methyl sites for hydroxylation is 5. The normalized spacial score (nSPS) is 14.2. The van der Waals surface area contributed by atoms with Crippen LogP contribution in [0.5, 0.6) is 0 Å². The first-order valence-corrected chi connectivity index (χ1v) is 11.9. The number of furan rings is 1. The van der Waals surface area contributed by atoms with Crippen molar-refractivity contribution in [1.29, 1.82) is 0 Å². The largest absolute Gasteiger partial charge is 0.460 e. The maximum atomic E-state index is 13.4. The quantitative estimate of drug-likeness (QED) is 0.431. The number of sulfonamides is 1. The van der Waals surface area contributed by atoms with Gasteiger partial charge in [-0.1, -0.05) is 30.3 Å². The van der Waals surface area contributed by atoms with Crippen LogP contribution in [0.4, 0.5) is 5.69 Å². The van der Waals surface area contributed by atoms with E-state index in [2.05, 4.69) is 4.72 Å². The Morgan fingerprint density at radius 1 is 0.833 bits per heavy atom. The molecule has 1 heterocycles. The number of hydrogen-bond donors (Lipinski definition) is 1. The minimum absolute atomic E-state index is 0.323. The zero-order valence-corrected chi connectivity index (χ0v) is 18.3. The van der Waals surface area contributed by atoms with Crippen LogP contribution in [0.1, 0.15) is 40.9 Å². The lowest BCUT2D eigenvalue weighted by molar-refractivity contribution is 0.507. The molecule has 0 amide bonds. The van der Waals surface area contributed by atoms with Crippen molar-refractivity contribution in [3.05, 3.63) is 70.5 Å². The van der Waals surface area contributed by atoms with Crippen molar-refractivity contribution in [1.82, 2.24) is 0 Å². The summed E-state index contributed by atoms with van der Waals surface area (Å²) >= 11 is 0. The summed E-state index contributed by atoms with van der Waals surface area (Å²) in [6.45, 7) is 5.78. The lowest BCUT2D eigenvalue weighted by Gasteiger charge is -2.15. The summed E-state index contributed by atoms with van der Waals surface area (Å²) < 4.78 is 35.8. The zero-order valence-electron chi connectivity index (χ0n) is 17.5. The predicted molar refractivity (Wildman–Crippen MR) is 122 cm³/mol. The number of anilines is 1. The van der Waals surface area contributed by atoms with Gasteiger partial charge in [-0.25, -0.2) is 8.42 Å². The molecule has 0 fully saturated rings. The van der Waals surface area contributed by atoms with Crippen LogP contribution in [0, 0.1) is 20.8 Å². The predicted octanol–water partition coefficient (Wildman–Crippen LogP) is 6.19. The van der Waals surface area contributed by atoms with E-state index in [4.69, 9.17) is 4.42 Å². The Labute approximate surface area is 177 Å². The van der Waals surface area contributed by atoms with E-state index in [-0.39, 0.29) is 0 Å². The third kappa shape index (κ3) is 3.00. The molecule has 154 valence electrons. The Morgan fingerprint density at radius 2 is 1.53 bits per heavy atom. The van der Waals surface area contributed by atoms with Crippen LogP contribution in [-0.4, -0.2) is 8.42 Å². The average Bonchev–Trinajstić information content (AvgIpc) is 3.09. The lowest BCUT2D eigenvalue weighted by Crippen LogP contribution is -2.15. The minimum Gasteiger partial charge on any atom is -0.460 e. The molecule has 0 aliphatic heterocycles. The summed E-state index contributed by atoms with van der Waals surface area (Å²) in [6.07, 6.45) is 4.19. The van der Waals surface area contributed by atoms with E-state index in [9.17, 15) is 8.42 Å². The monoisotopic (exact) mass is 419 g/mol. The van der Waals surface area contributed by atoms with Crippen molar-refractivity contribution in [3.63, 3.8) is 0 Å². The zero-order chi connectivity index (χ0) is 21.0. The summed E-state index contributed by atoms with van der Waals surface area (Å²) in [5.74, 6) is 1.05. The van der Waals surface area contributed by atoms with Gasteiger partial charge in [-0.05, 0) is 68.9 Å². The maximum Gasteiger partial charge on any atom is 0.262 e. The Morgan fingerprint density at radius 3 is 2.33 bits per heavy atom. The van der Waals surface area contributed by atoms with Crippen LogP contribution in [0.15, 0.2) is 51.8 Å². The van der Waals surface area contributed by atoms with Crippen LogP contribution in [0.2, 0.25) is 0 Å². The molecule has 4 aromatic rings. The van der Waals surface area contributed by atoms with Crippen molar-refractivity contribution >= 4 is 37.5 Å². The number of benzene rings is 3. The van der Waals surface area contributed by atoms with Gasteiger partial charge in [0, 0.05) is 28.1 Å². The van der Waals surface area contributed by atoms with Crippen molar-refractivity contribution in [2.45, 2.75) is 51.3 Å². The molecule has 0 radical (unpaired) electrons. The molecule has 5 heteroatoms. The standard InChI is InChI=1S/C25H25NO3S/c1-15-12-17(3)24(13-16(15)2)30(27,28)26-22-14-21-19-9-6-7-11-23(19)29-25(21)20-10-5-4-8-18(20)22/h4-5,8,10,12-14,26H,6-7,9,11H2,1-3H3. The van der Waals surface area contributed by atoms with Gasteiger partial charge in [0.2, 0.25) is 0 Å². The van der Waals surface area contributed by atoms with E-state index in [1.54, 1.807) is 6.07 Å². The maximum absolute atomic E-state index is 13.4. The molecule has 4 nitrogen and oxygen atoms in total. The molecule has 0 unspecified atom stereocenters. The van der Waals surface area contributed by atoms with Crippen LogP contribution in [-0.2, 0) is 22.9 Å². The van der Waals surface area contributed by atoms with Gasteiger partial charge in [0.05, 0.1) is 10.6 Å². The molecule has 1 aromatic heterocycles. The van der Waals surface area contributed by atoms with Gasteiger partial charge < -0.3 is 4.42 Å². The summed E-state index contributed by atoms with van der Waals surface area (Å²) in [4.78, 5) is 0.323. The van der Waals surface area contributed by atoms with Crippen molar-refractivity contribution in [2.24, 2.45) is 0 Å². The molecule has 5 rings (SSSR count). The molecule has 3 aromatic carbocycles. The van der Waals surface area contributed by atoms with Gasteiger partial charge in [0.25, 0.3) is 10.0 Å². The van der Waals surface area contributed by atoms with Crippen molar-refractivity contribution in [3.8, 4) is 0 Å². The topological polar surface area (TPSA) is 59.3 Å². The third-order valence-electron chi connectivity index (χ3n) is 6.29. The SMILES string of the molecule is Cc1cc(C)c(S(=O)(=O)Nc2cc3c4c(oc3c3ccccc23)CCCC4)cc1C. The fourth-order valence-corrected chi connectivity index (χ4v) is 5.97. The Kier molecular flexibility index (Phi) is 4.40. The van der Waals surface area contributed by atoms with Crippen LogP contribution in [0.25, 0.3) is 21.7 Å². The summed E-state index contributed by atoms with van der Waals surface area (Å²) in [5, 5.41) is 2.82. The number of hydrogen-bond acceptors (Lipinski definition) is 3. The van der Waals surface area contributed by atoms with E-state index >= 15 is 0 Å². The van der Waals surface area contributed by atoms with Gasteiger partial charge in [-0.15, -0.1) is 0 Å². The van der Waals surface area contributed by atoms with Gasteiger partial charge in [0.15, 0.2) is 0 Å². The first kappa shape index (κ1) is 19.2. The van der Waals surface area contributed by atoms with Crippen molar-refractivity contribution in [2.75, 3.05) is 4.72 Å². The molecule has 1 aliphatic rings. The highest BCUT2D eigenvalue weighted by molar-refractivity contribution is 7.92. The van der Waals surface area contributed by atoms with E-state index in [0.29, 0.717) is 10.6 Å². The molecule has 1 aliphatic carbocycles. The fourth-order valence-electron chi connectivity index (χ4n) is 4.59. The number of rotatable bonds is 3.